The minimum atomic E-state index is -0.0458. The summed E-state index contributed by atoms with van der Waals surface area (Å²) in [5.74, 6) is 0.609. The predicted molar refractivity (Wildman–Crippen MR) is 75.2 cm³/mol. The Kier molecular flexibility index (Phi) is 4.45. The summed E-state index contributed by atoms with van der Waals surface area (Å²) in [5.41, 5.74) is 1.59. The third-order valence-electron chi connectivity index (χ3n) is 2.55. The van der Waals surface area contributed by atoms with Crippen LogP contribution >= 0.6 is 0 Å². The van der Waals surface area contributed by atoms with Gasteiger partial charge in [0.1, 0.15) is 18.1 Å². The molecule has 0 amide bonds. The maximum Gasteiger partial charge on any atom is 0.178 e. The largest absolute Gasteiger partial charge is 0.488 e. The first-order valence-electron chi connectivity index (χ1n) is 6.07. The number of Topliss-reactive ketones (excluding diaryl/α,β-unsaturated/α-hetero) is 1. The number of rotatable bonds is 5. The van der Waals surface area contributed by atoms with Crippen LogP contribution in [0.3, 0.4) is 0 Å². The number of hydrogen-bond donors (Lipinski definition) is 0. The Balaban J connectivity index is 1.86. The molecule has 0 saturated carbocycles. The third-order valence-corrected chi connectivity index (χ3v) is 2.55. The molecule has 19 heavy (non-hydrogen) atoms. The quantitative estimate of drug-likeness (QED) is 0.767. The summed E-state index contributed by atoms with van der Waals surface area (Å²) in [5, 5.41) is 0. The van der Waals surface area contributed by atoms with Crippen LogP contribution in [-0.2, 0) is 0 Å². The van der Waals surface area contributed by atoms with Crippen molar-refractivity contribution in [3.05, 3.63) is 66.0 Å². The monoisotopic (exact) mass is 253 g/mol. The Morgan fingerprint density at radius 1 is 1.21 bits per heavy atom. The van der Waals surface area contributed by atoms with Crippen molar-refractivity contribution in [1.29, 1.82) is 0 Å². The highest BCUT2D eigenvalue weighted by Gasteiger charge is 2.00. The summed E-state index contributed by atoms with van der Waals surface area (Å²) in [6, 6.07) is 13.4. The number of hydrogen-bond acceptors (Lipinski definition) is 3. The van der Waals surface area contributed by atoms with Crippen LogP contribution in [0.2, 0.25) is 0 Å². The number of pyridine rings is 1. The first-order chi connectivity index (χ1) is 9.25. The van der Waals surface area contributed by atoms with Gasteiger partial charge in [0.05, 0.1) is 6.20 Å². The van der Waals surface area contributed by atoms with Crippen LogP contribution in [0, 0.1) is 0 Å². The fraction of sp³-hybridized carbons (Fsp3) is 0.125. The second-order valence-electron chi connectivity index (χ2n) is 4.06. The molecule has 0 aliphatic carbocycles. The molecule has 0 unspecified atom stereocenters. The SMILES string of the molecule is CC(=O)c1ccc(OC/C=C/c2ccccc2)cn1. The Morgan fingerprint density at radius 3 is 2.63 bits per heavy atom. The summed E-state index contributed by atoms with van der Waals surface area (Å²) in [7, 11) is 0. The molecule has 0 aliphatic rings. The van der Waals surface area contributed by atoms with Crippen LogP contribution < -0.4 is 4.74 Å². The van der Waals surface area contributed by atoms with Crippen LogP contribution in [0.1, 0.15) is 23.0 Å². The number of carbonyl (C=O) groups is 1. The Hall–Kier alpha value is -2.42. The number of ketones is 1. The van der Waals surface area contributed by atoms with Gasteiger partial charge < -0.3 is 4.74 Å². The van der Waals surface area contributed by atoms with Crippen LogP contribution in [0.5, 0.6) is 5.75 Å². The average molecular weight is 253 g/mol. The van der Waals surface area contributed by atoms with E-state index in [0.717, 1.165) is 5.56 Å². The maximum absolute atomic E-state index is 11.1. The smallest absolute Gasteiger partial charge is 0.178 e. The second kappa shape index (κ2) is 6.50. The summed E-state index contributed by atoms with van der Waals surface area (Å²) < 4.78 is 5.50. The molecule has 0 atom stereocenters. The van der Waals surface area contributed by atoms with Crippen molar-refractivity contribution in [2.24, 2.45) is 0 Å². The van der Waals surface area contributed by atoms with Crippen molar-refractivity contribution < 1.29 is 9.53 Å². The molecule has 1 aromatic carbocycles. The number of nitrogens with zero attached hydrogens (tertiary/aromatic N) is 1. The molecule has 1 aromatic heterocycles. The van der Waals surface area contributed by atoms with Gasteiger partial charge in [-0.2, -0.15) is 0 Å². The van der Waals surface area contributed by atoms with Crippen molar-refractivity contribution in [2.75, 3.05) is 6.61 Å². The van der Waals surface area contributed by atoms with E-state index < -0.39 is 0 Å². The molecule has 0 radical (unpaired) electrons. The van der Waals surface area contributed by atoms with E-state index in [1.54, 1.807) is 18.3 Å². The molecular weight excluding hydrogens is 238 g/mol. The summed E-state index contributed by atoms with van der Waals surface area (Å²) in [6.45, 7) is 1.96. The second-order valence-corrected chi connectivity index (χ2v) is 4.06. The highest BCUT2D eigenvalue weighted by atomic mass is 16.5. The van der Waals surface area contributed by atoms with E-state index in [9.17, 15) is 4.79 Å². The van der Waals surface area contributed by atoms with Gasteiger partial charge in [-0.15, -0.1) is 0 Å². The molecular formula is C16H15NO2. The predicted octanol–water partition coefficient (Wildman–Crippen LogP) is 3.38. The van der Waals surface area contributed by atoms with E-state index in [1.165, 1.54) is 6.92 Å². The highest BCUT2D eigenvalue weighted by Crippen LogP contribution is 2.09. The van der Waals surface area contributed by atoms with Gasteiger partial charge in [0, 0.05) is 6.92 Å². The van der Waals surface area contributed by atoms with Crippen molar-refractivity contribution >= 4 is 11.9 Å². The zero-order valence-corrected chi connectivity index (χ0v) is 10.7. The first kappa shape index (κ1) is 13.0. The molecule has 3 heteroatoms. The van der Waals surface area contributed by atoms with Crippen LogP contribution in [-0.4, -0.2) is 17.4 Å². The first-order valence-corrected chi connectivity index (χ1v) is 6.07. The zero-order chi connectivity index (χ0) is 13.5. The standard InChI is InChI=1S/C16H15NO2/c1-13(18)16-10-9-15(12-17-16)19-11-5-8-14-6-3-2-4-7-14/h2-10,12H,11H2,1H3/b8-5+. The van der Waals surface area contributed by atoms with Gasteiger partial charge in [-0.3, -0.25) is 4.79 Å². The molecule has 96 valence electrons. The van der Waals surface area contributed by atoms with Crippen LogP contribution in [0.25, 0.3) is 6.08 Å². The lowest BCUT2D eigenvalue weighted by atomic mass is 10.2. The lowest BCUT2D eigenvalue weighted by Gasteiger charge is -2.02. The number of ether oxygens (including phenoxy) is 1. The van der Waals surface area contributed by atoms with Gasteiger partial charge >= 0.3 is 0 Å². The molecule has 2 rings (SSSR count). The fourth-order valence-corrected chi connectivity index (χ4v) is 1.57. The molecule has 0 bridgehead atoms. The van der Waals surface area contributed by atoms with Crippen molar-refractivity contribution in [3.8, 4) is 5.75 Å². The Bertz CT molecular complexity index is 559. The molecule has 0 N–H and O–H groups in total. The van der Waals surface area contributed by atoms with E-state index in [0.29, 0.717) is 18.1 Å². The van der Waals surface area contributed by atoms with Crippen molar-refractivity contribution in [2.45, 2.75) is 6.92 Å². The minimum absolute atomic E-state index is 0.0458. The van der Waals surface area contributed by atoms with Gasteiger partial charge in [0.15, 0.2) is 5.78 Å². The van der Waals surface area contributed by atoms with Gasteiger partial charge in [0.25, 0.3) is 0 Å². The molecule has 1 heterocycles. The van der Waals surface area contributed by atoms with Crippen LogP contribution in [0.15, 0.2) is 54.7 Å². The third kappa shape index (κ3) is 4.07. The van der Waals surface area contributed by atoms with E-state index in [2.05, 4.69) is 4.98 Å². The molecule has 0 spiro atoms. The summed E-state index contributed by atoms with van der Waals surface area (Å²) in [4.78, 5) is 15.1. The van der Waals surface area contributed by atoms with Crippen LogP contribution in [0.4, 0.5) is 0 Å². The molecule has 2 aromatic rings. The van der Waals surface area contributed by atoms with E-state index in [1.807, 2.05) is 42.5 Å². The van der Waals surface area contributed by atoms with E-state index >= 15 is 0 Å². The van der Waals surface area contributed by atoms with E-state index in [-0.39, 0.29) is 5.78 Å². The Morgan fingerprint density at radius 2 is 2.00 bits per heavy atom. The van der Waals surface area contributed by atoms with Crippen molar-refractivity contribution in [3.63, 3.8) is 0 Å². The fourth-order valence-electron chi connectivity index (χ4n) is 1.57. The lowest BCUT2D eigenvalue weighted by Crippen LogP contribution is -1.98. The Labute approximate surface area is 112 Å². The molecule has 3 nitrogen and oxygen atoms in total. The normalized spacial score (nSPS) is 10.6. The van der Waals surface area contributed by atoms with Gasteiger partial charge in [-0.1, -0.05) is 36.4 Å². The molecule has 0 aliphatic heterocycles. The minimum Gasteiger partial charge on any atom is -0.488 e. The molecule has 0 saturated heterocycles. The lowest BCUT2D eigenvalue weighted by molar-refractivity contribution is 0.101. The molecule has 0 fully saturated rings. The number of benzene rings is 1. The average Bonchev–Trinajstić information content (AvgIpc) is 2.45. The number of aromatic nitrogens is 1. The zero-order valence-electron chi connectivity index (χ0n) is 10.7. The van der Waals surface area contributed by atoms with Crippen molar-refractivity contribution in [1.82, 2.24) is 4.98 Å². The topological polar surface area (TPSA) is 39.2 Å². The summed E-state index contributed by atoms with van der Waals surface area (Å²) in [6.07, 6.45) is 5.50. The van der Waals surface area contributed by atoms with E-state index in [4.69, 9.17) is 4.74 Å². The van der Waals surface area contributed by atoms with Gasteiger partial charge in [-0.05, 0) is 23.8 Å². The number of carbonyl (C=O) groups excluding carboxylic acids is 1. The van der Waals surface area contributed by atoms with Gasteiger partial charge in [-0.25, -0.2) is 4.98 Å². The summed E-state index contributed by atoms with van der Waals surface area (Å²) >= 11 is 0. The highest BCUT2D eigenvalue weighted by molar-refractivity contribution is 5.92. The maximum atomic E-state index is 11.1. The van der Waals surface area contributed by atoms with Gasteiger partial charge in [0.2, 0.25) is 0 Å².